The summed E-state index contributed by atoms with van der Waals surface area (Å²) in [7, 11) is 0. The predicted molar refractivity (Wildman–Crippen MR) is 80.6 cm³/mol. The van der Waals surface area contributed by atoms with E-state index in [1.807, 2.05) is 6.07 Å². The Labute approximate surface area is 125 Å². The Balaban J connectivity index is 2.10. The van der Waals surface area contributed by atoms with Crippen molar-refractivity contribution < 1.29 is 4.79 Å². The second-order valence-electron chi connectivity index (χ2n) is 3.82. The molecule has 1 aromatic heterocycles. The second-order valence-corrected chi connectivity index (χ2v) is 4.54. The molecule has 0 saturated carbocycles. The largest absolute Gasteiger partial charge is 0.399 e. The highest BCUT2D eigenvalue weighted by atomic mass is 35.5. The molecule has 0 saturated heterocycles. The first kappa shape index (κ1) is 14.3. The van der Waals surface area contributed by atoms with E-state index in [2.05, 4.69) is 15.3 Å². The van der Waals surface area contributed by atoms with E-state index >= 15 is 0 Å². The Morgan fingerprint density at radius 3 is 2.60 bits per heavy atom. The minimum atomic E-state index is -0.397. The smallest absolute Gasteiger partial charge is 0.248 e. The topological polar surface area (TPSA) is 80.9 Å². The van der Waals surface area contributed by atoms with Gasteiger partial charge in [0.25, 0.3) is 0 Å². The molecule has 1 heterocycles. The monoisotopic (exact) mass is 308 g/mol. The predicted octanol–water partition coefficient (Wildman–Crippen LogP) is 3.02. The molecule has 0 aliphatic carbocycles. The van der Waals surface area contributed by atoms with Crippen LogP contribution in [0.15, 0.2) is 36.7 Å². The number of aromatic nitrogens is 2. The number of rotatable bonds is 3. The van der Waals surface area contributed by atoms with Gasteiger partial charge < -0.3 is 11.1 Å². The molecule has 0 fully saturated rings. The molecule has 102 valence electrons. The summed E-state index contributed by atoms with van der Waals surface area (Å²) in [6, 6.07) is 7.13. The van der Waals surface area contributed by atoms with Crippen molar-refractivity contribution in [3.63, 3.8) is 0 Å². The third kappa shape index (κ3) is 3.69. The SMILES string of the molecule is Nc1cccc(/C=C/C(=O)Nc2c(Cl)ncnc2Cl)c1. The lowest BCUT2D eigenvalue weighted by Gasteiger charge is -2.04. The second kappa shape index (κ2) is 6.36. The van der Waals surface area contributed by atoms with Crippen LogP contribution in [0.25, 0.3) is 6.08 Å². The molecule has 5 nitrogen and oxygen atoms in total. The van der Waals surface area contributed by atoms with E-state index in [1.165, 1.54) is 12.4 Å². The molecule has 1 aromatic carbocycles. The van der Waals surface area contributed by atoms with Gasteiger partial charge in [-0.2, -0.15) is 0 Å². The Morgan fingerprint density at radius 2 is 1.95 bits per heavy atom. The molecule has 20 heavy (non-hydrogen) atoms. The van der Waals surface area contributed by atoms with Crippen molar-refractivity contribution in [2.24, 2.45) is 0 Å². The molecule has 0 aliphatic heterocycles. The van der Waals surface area contributed by atoms with Gasteiger partial charge in [0.1, 0.15) is 12.0 Å². The Bertz CT molecular complexity index is 653. The van der Waals surface area contributed by atoms with Gasteiger partial charge in [0, 0.05) is 11.8 Å². The van der Waals surface area contributed by atoms with Crippen molar-refractivity contribution in [1.29, 1.82) is 0 Å². The average molecular weight is 309 g/mol. The van der Waals surface area contributed by atoms with Gasteiger partial charge in [-0.05, 0) is 23.8 Å². The molecular weight excluding hydrogens is 299 g/mol. The Hall–Kier alpha value is -2.11. The molecule has 0 aliphatic rings. The number of hydrogen-bond donors (Lipinski definition) is 2. The summed E-state index contributed by atoms with van der Waals surface area (Å²) in [5.41, 5.74) is 7.25. The molecule has 0 spiro atoms. The Kier molecular flexibility index (Phi) is 4.55. The van der Waals surface area contributed by atoms with Crippen LogP contribution in [-0.2, 0) is 4.79 Å². The third-order valence-corrected chi connectivity index (χ3v) is 2.91. The lowest BCUT2D eigenvalue weighted by atomic mass is 10.2. The van der Waals surface area contributed by atoms with E-state index in [0.717, 1.165) is 5.56 Å². The van der Waals surface area contributed by atoms with Gasteiger partial charge in [0.05, 0.1) is 0 Å². The first-order valence-electron chi connectivity index (χ1n) is 5.57. The van der Waals surface area contributed by atoms with Crippen LogP contribution in [-0.4, -0.2) is 15.9 Å². The number of carbonyl (C=O) groups is 1. The summed E-state index contributed by atoms with van der Waals surface area (Å²) in [6.07, 6.45) is 4.18. The number of benzene rings is 1. The Morgan fingerprint density at radius 1 is 1.25 bits per heavy atom. The maximum Gasteiger partial charge on any atom is 0.248 e. The number of nitrogens with one attached hydrogen (secondary N) is 1. The normalized spacial score (nSPS) is 10.7. The molecule has 1 amide bonds. The van der Waals surface area contributed by atoms with Crippen molar-refractivity contribution in [3.8, 4) is 0 Å². The molecule has 0 radical (unpaired) electrons. The lowest BCUT2D eigenvalue weighted by Crippen LogP contribution is -2.09. The van der Waals surface area contributed by atoms with Gasteiger partial charge in [-0.1, -0.05) is 35.3 Å². The van der Waals surface area contributed by atoms with Crippen LogP contribution in [0.5, 0.6) is 0 Å². The van der Waals surface area contributed by atoms with Crippen molar-refractivity contribution in [2.45, 2.75) is 0 Å². The number of anilines is 2. The number of carbonyl (C=O) groups excluding carboxylic acids is 1. The van der Waals surface area contributed by atoms with Gasteiger partial charge in [0.2, 0.25) is 5.91 Å². The summed E-state index contributed by atoms with van der Waals surface area (Å²) >= 11 is 11.6. The number of nitrogen functional groups attached to an aromatic ring is 1. The molecule has 0 unspecified atom stereocenters. The standard InChI is InChI=1S/C13H10Cl2N4O/c14-12-11(13(15)18-7-17-12)19-10(20)5-4-8-2-1-3-9(16)6-8/h1-7H,16H2,(H,19,20)/b5-4+. The molecule has 2 rings (SSSR count). The third-order valence-electron chi connectivity index (χ3n) is 2.34. The van der Waals surface area contributed by atoms with E-state index in [4.69, 9.17) is 28.9 Å². The van der Waals surface area contributed by atoms with Crippen LogP contribution in [0.4, 0.5) is 11.4 Å². The zero-order valence-corrected chi connectivity index (χ0v) is 11.7. The van der Waals surface area contributed by atoms with Crippen LogP contribution in [0.1, 0.15) is 5.56 Å². The highest BCUT2D eigenvalue weighted by Gasteiger charge is 2.09. The van der Waals surface area contributed by atoms with Gasteiger partial charge >= 0.3 is 0 Å². The summed E-state index contributed by atoms with van der Waals surface area (Å²) in [5.74, 6) is -0.397. The fourth-order valence-electron chi connectivity index (χ4n) is 1.45. The van der Waals surface area contributed by atoms with Crippen molar-refractivity contribution in [1.82, 2.24) is 9.97 Å². The zero-order valence-electron chi connectivity index (χ0n) is 10.2. The fourth-order valence-corrected chi connectivity index (χ4v) is 1.86. The summed E-state index contributed by atoms with van der Waals surface area (Å²) in [6.45, 7) is 0. The minimum absolute atomic E-state index is 0.0794. The zero-order chi connectivity index (χ0) is 14.5. The van der Waals surface area contributed by atoms with Gasteiger partial charge in [-0.15, -0.1) is 0 Å². The molecule has 3 N–H and O–H groups in total. The quantitative estimate of drug-likeness (QED) is 0.519. The molecule has 0 bridgehead atoms. The first-order chi connectivity index (χ1) is 9.56. The highest BCUT2D eigenvalue weighted by molar-refractivity contribution is 6.38. The van der Waals surface area contributed by atoms with Crippen molar-refractivity contribution in [3.05, 3.63) is 52.5 Å². The highest BCUT2D eigenvalue weighted by Crippen LogP contribution is 2.25. The first-order valence-corrected chi connectivity index (χ1v) is 6.32. The molecule has 2 aromatic rings. The van der Waals surface area contributed by atoms with E-state index in [1.54, 1.807) is 24.3 Å². The van der Waals surface area contributed by atoms with Crippen LogP contribution in [0.3, 0.4) is 0 Å². The number of hydrogen-bond acceptors (Lipinski definition) is 4. The summed E-state index contributed by atoms with van der Waals surface area (Å²) in [4.78, 5) is 19.2. The minimum Gasteiger partial charge on any atom is -0.399 e. The van der Waals surface area contributed by atoms with Crippen molar-refractivity contribution in [2.75, 3.05) is 11.1 Å². The van der Waals surface area contributed by atoms with E-state index in [-0.39, 0.29) is 16.0 Å². The van der Waals surface area contributed by atoms with Gasteiger partial charge in [0.15, 0.2) is 10.3 Å². The summed E-state index contributed by atoms with van der Waals surface area (Å²) < 4.78 is 0. The number of amides is 1. The maximum atomic E-state index is 11.8. The van der Waals surface area contributed by atoms with E-state index in [9.17, 15) is 4.79 Å². The van der Waals surface area contributed by atoms with Crippen LogP contribution >= 0.6 is 23.2 Å². The van der Waals surface area contributed by atoms with Crippen molar-refractivity contribution >= 4 is 46.6 Å². The van der Waals surface area contributed by atoms with Crippen LogP contribution < -0.4 is 11.1 Å². The average Bonchev–Trinajstić information content (AvgIpc) is 2.41. The van der Waals surface area contributed by atoms with Crippen LogP contribution in [0.2, 0.25) is 10.3 Å². The van der Waals surface area contributed by atoms with Gasteiger partial charge in [-0.25, -0.2) is 9.97 Å². The number of nitrogens with zero attached hydrogens (tertiary/aromatic N) is 2. The lowest BCUT2D eigenvalue weighted by molar-refractivity contribution is -0.111. The maximum absolute atomic E-state index is 11.8. The molecular formula is C13H10Cl2N4O. The fraction of sp³-hybridized carbons (Fsp3) is 0. The van der Waals surface area contributed by atoms with E-state index in [0.29, 0.717) is 5.69 Å². The van der Waals surface area contributed by atoms with E-state index < -0.39 is 5.91 Å². The summed E-state index contributed by atoms with van der Waals surface area (Å²) in [5, 5.41) is 2.68. The number of halogens is 2. The molecule has 7 heteroatoms. The number of nitrogens with two attached hydrogens (primary N) is 1. The molecule has 0 atom stereocenters. The van der Waals surface area contributed by atoms with Gasteiger partial charge in [-0.3, -0.25) is 4.79 Å². The van der Waals surface area contributed by atoms with Crippen LogP contribution in [0, 0.1) is 0 Å².